The number of ether oxygens (including phenoxy) is 1. The minimum atomic E-state index is -0.614. The van der Waals surface area contributed by atoms with E-state index in [0.717, 1.165) is 3.57 Å². The molecule has 0 saturated heterocycles. The van der Waals surface area contributed by atoms with Gasteiger partial charge in [-0.25, -0.2) is 0 Å². The number of nitrogens with one attached hydrogen (secondary N) is 1. The van der Waals surface area contributed by atoms with Crippen LogP contribution in [0.2, 0.25) is 0 Å². The smallest absolute Gasteiger partial charge is 0.266 e. The molecule has 0 radical (unpaired) electrons. The van der Waals surface area contributed by atoms with Gasteiger partial charge in [0.25, 0.3) is 5.91 Å². The Morgan fingerprint density at radius 2 is 2.11 bits per heavy atom. The third kappa shape index (κ3) is 3.95. The van der Waals surface area contributed by atoms with Crippen molar-refractivity contribution in [2.75, 3.05) is 5.32 Å². The van der Waals surface area contributed by atoms with Crippen molar-refractivity contribution in [2.45, 2.75) is 20.0 Å². The molecule has 1 N–H and O–H groups in total. The zero-order valence-corrected chi connectivity index (χ0v) is 12.7. The zero-order chi connectivity index (χ0) is 13.8. The van der Waals surface area contributed by atoms with Crippen molar-refractivity contribution in [3.63, 3.8) is 0 Å². The predicted molar refractivity (Wildman–Crippen MR) is 79.1 cm³/mol. The molecule has 1 heterocycles. The molecular formula is C13H13IN2O3. The van der Waals surface area contributed by atoms with Gasteiger partial charge in [-0.2, -0.15) is 0 Å². The minimum Gasteiger partial charge on any atom is -0.481 e. The summed E-state index contributed by atoms with van der Waals surface area (Å²) in [7, 11) is 0. The van der Waals surface area contributed by atoms with E-state index < -0.39 is 6.10 Å². The number of rotatable bonds is 4. The Labute approximate surface area is 124 Å². The van der Waals surface area contributed by atoms with Crippen molar-refractivity contribution in [3.8, 4) is 5.75 Å². The second kappa shape index (κ2) is 6.05. The molecule has 6 heteroatoms. The molecule has 5 nitrogen and oxygen atoms in total. The van der Waals surface area contributed by atoms with Crippen LogP contribution in [0.5, 0.6) is 5.75 Å². The fourth-order valence-electron chi connectivity index (χ4n) is 1.42. The average molecular weight is 372 g/mol. The van der Waals surface area contributed by atoms with Gasteiger partial charge in [0, 0.05) is 9.64 Å². The van der Waals surface area contributed by atoms with Crippen LogP contribution in [0.4, 0.5) is 5.82 Å². The summed E-state index contributed by atoms with van der Waals surface area (Å²) in [5.41, 5.74) is 0. The quantitative estimate of drug-likeness (QED) is 0.839. The van der Waals surface area contributed by atoms with Gasteiger partial charge in [0.2, 0.25) is 0 Å². The fraction of sp³-hybridized carbons (Fsp3) is 0.231. The van der Waals surface area contributed by atoms with E-state index >= 15 is 0 Å². The second-order valence-corrected chi connectivity index (χ2v) is 5.27. The molecule has 100 valence electrons. The highest BCUT2D eigenvalue weighted by Gasteiger charge is 2.16. The van der Waals surface area contributed by atoms with Crippen molar-refractivity contribution in [1.29, 1.82) is 0 Å². The molecule has 19 heavy (non-hydrogen) atoms. The first-order valence-corrected chi connectivity index (χ1v) is 6.79. The third-order valence-corrected chi connectivity index (χ3v) is 3.09. The van der Waals surface area contributed by atoms with Crippen LogP contribution in [-0.2, 0) is 4.79 Å². The molecule has 0 fully saturated rings. The van der Waals surface area contributed by atoms with E-state index in [0.29, 0.717) is 17.3 Å². The highest BCUT2D eigenvalue weighted by atomic mass is 127. The van der Waals surface area contributed by atoms with Crippen LogP contribution in [0.1, 0.15) is 12.7 Å². The number of aromatic nitrogens is 1. The van der Waals surface area contributed by atoms with Gasteiger partial charge in [0.1, 0.15) is 11.5 Å². The lowest BCUT2D eigenvalue weighted by Crippen LogP contribution is -2.30. The molecular weight excluding hydrogens is 359 g/mol. The van der Waals surface area contributed by atoms with E-state index in [-0.39, 0.29) is 5.91 Å². The van der Waals surface area contributed by atoms with Crippen LogP contribution in [0.15, 0.2) is 34.9 Å². The SMILES string of the molecule is Cc1cc(NC(=O)[C@H](C)Oc2ccc(I)cc2)no1. The first-order valence-electron chi connectivity index (χ1n) is 5.71. The van der Waals surface area contributed by atoms with Gasteiger partial charge in [-0.3, -0.25) is 4.79 Å². The summed E-state index contributed by atoms with van der Waals surface area (Å²) in [6, 6.07) is 9.14. The Morgan fingerprint density at radius 1 is 1.42 bits per heavy atom. The largest absolute Gasteiger partial charge is 0.481 e. The molecule has 0 spiro atoms. The number of amides is 1. The Bertz CT molecular complexity index is 566. The number of anilines is 1. The summed E-state index contributed by atoms with van der Waals surface area (Å²) in [5, 5.41) is 6.32. The van der Waals surface area contributed by atoms with Crippen LogP contribution in [-0.4, -0.2) is 17.2 Å². The van der Waals surface area contributed by atoms with E-state index in [2.05, 4.69) is 33.1 Å². The van der Waals surface area contributed by atoms with Crippen molar-refractivity contribution < 1.29 is 14.1 Å². The molecule has 0 aliphatic carbocycles. The number of carbonyl (C=O) groups is 1. The number of carbonyl (C=O) groups excluding carboxylic acids is 1. The Balaban J connectivity index is 1.94. The maximum absolute atomic E-state index is 11.9. The lowest BCUT2D eigenvalue weighted by atomic mass is 10.3. The van der Waals surface area contributed by atoms with Crippen LogP contribution >= 0.6 is 22.6 Å². The molecule has 0 saturated carbocycles. The topological polar surface area (TPSA) is 64.4 Å². The Kier molecular flexibility index (Phi) is 4.41. The van der Waals surface area contributed by atoms with Crippen molar-refractivity contribution in [1.82, 2.24) is 5.16 Å². The lowest BCUT2D eigenvalue weighted by Gasteiger charge is -2.13. The standard InChI is InChI=1S/C13H13IN2O3/c1-8-7-12(16-19-8)15-13(17)9(2)18-11-5-3-10(14)4-6-11/h3-7,9H,1-2H3,(H,15,16,17)/t9-/m0/s1. The monoisotopic (exact) mass is 372 g/mol. The summed E-state index contributed by atoms with van der Waals surface area (Å²) in [6.07, 6.45) is -0.614. The molecule has 1 aromatic carbocycles. The highest BCUT2D eigenvalue weighted by molar-refractivity contribution is 14.1. The van der Waals surface area contributed by atoms with E-state index in [1.807, 2.05) is 24.3 Å². The number of benzene rings is 1. The molecule has 0 aliphatic rings. The van der Waals surface area contributed by atoms with Crippen molar-refractivity contribution >= 4 is 34.3 Å². The van der Waals surface area contributed by atoms with Gasteiger partial charge < -0.3 is 14.6 Å². The third-order valence-electron chi connectivity index (χ3n) is 2.37. The van der Waals surface area contributed by atoms with Gasteiger partial charge in [-0.05, 0) is 60.7 Å². The predicted octanol–water partition coefficient (Wildman–Crippen LogP) is 2.99. The van der Waals surface area contributed by atoms with E-state index in [1.54, 1.807) is 19.9 Å². The van der Waals surface area contributed by atoms with Gasteiger partial charge in [0.15, 0.2) is 11.9 Å². The Hall–Kier alpha value is -1.57. The highest BCUT2D eigenvalue weighted by Crippen LogP contribution is 2.15. The summed E-state index contributed by atoms with van der Waals surface area (Å²) in [6.45, 7) is 3.44. The zero-order valence-electron chi connectivity index (χ0n) is 10.5. The molecule has 2 aromatic rings. The first kappa shape index (κ1) is 13.9. The number of hydrogen-bond donors (Lipinski definition) is 1. The number of halogens is 1. The van der Waals surface area contributed by atoms with Crippen LogP contribution < -0.4 is 10.1 Å². The second-order valence-electron chi connectivity index (χ2n) is 4.03. The summed E-state index contributed by atoms with van der Waals surface area (Å²) < 4.78 is 11.5. The van der Waals surface area contributed by atoms with Crippen LogP contribution in [0, 0.1) is 10.5 Å². The van der Waals surface area contributed by atoms with Gasteiger partial charge >= 0.3 is 0 Å². The maximum atomic E-state index is 11.9. The molecule has 2 rings (SSSR count). The van der Waals surface area contributed by atoms with Crippen molar-refractivity contribution in [3.05, 3.63) is 39.7 Å². The van der Waals surface area contributed by atoms with E-state index in [9.17, 15) is 4.79 Å². The maximum Gasteiger partial charge on any atom is 0.266 e. The number of nitrogens with zero attached hydrogens (tertiary/aromatic N) is 1. The fourth-order valence-corrected chi connectivity index (χ4v) is 1.78. The number of aryl methyl sites for hydroxylation is 1. The van der Waals surface area contributed by atoms with Crippen LogP contribution in [0.25, 0.3) is 0 Å². The van der Waals surface area contributed by atoms with Crippen LogP contribution in [0.3, 0.4) is 0 Å². The van der Waals surface area contributed by atoms with E-state index in [4.69, 9.17) is 9.26 Å². The molecule has 0 unspecified atom stereocenters. The average Bonchev–Trinajstić information content (AvgIpc) is 2.77. The Morgan fingerprint density at radius 3 is 2.68 bits per heavy atom. The summed E-state index contributed by atoms with van der Waals surface area (Å²) in [4.78, 5) is 11.9. The van der Waals surface area contributed by atoms with Gasteiger partial charge in [-0.15, -0.1) is 0 Å². The number of hydrogen-bond acceptors (Lipinski definition) is 4. The molecule has 1 aromatic heterocycles. The van der Waals surface area contributed by atoms with Gasteiger partial charge in [-0.1, -0.05) is 5.16 Å². The minimum absolute atomic E-state index is 0.271. The molecule has 0 bridgehead atoms. The molecule has 1 amide bonds. The summed E-state index contributed by atoms with van der Waals surface area (Å²) in [5.74, 6) is 1.41. The first-order chi connectivity index (χ1) is 9.04. The molecule has 1 atom stereocenters. The normalized spacial score (nSPS) is 11.9. The van der Waals surface area contributed by atoms with Gasteiger partial charge in [0.05, 0.1) is 0 Å². The molecule has 0 aliphatic heterocycles. The van der Waals surface area contributed by atoms with Crippen molar-refractivity contribution in [2.24, 2.45) is 0 Å². The summed E-state index contributed by atoms with van der Waals surface area (Å²) >= 11 is 2.21. The van der Waals surface area contributed by atoms with E-state index in [1.165, 1.54) is 0 Å². The lowest BCUT2D eigenvalue weighted by molar-refractivity contribution is -0.122.